The molecule has 0 spiro atoms. The molecule has 224 valence electrons. The van der Waals surface area contributed by atoms with Crippen LogP contribution < -0.4 is 0 Å². The van der Waals surface area contributed by atoms with Gasteiger partial charge in [0.15, 0.2) is 6.71 Å². The normalized spacial score (nSPS) is 32.3. The lowest BCUT2D eigenvalue weighted by Gasteiger charge is -2.50. The van der Waals surface area contributed by atoms with E-state index in [1.54, 1.807) is 0 Å². The molecule has 4 bridgehead atoms. The molecule has 4 fully saturated rings. The van der Waals surface area contributed by atoms with Crippen LogP contribution in [0.5, 0.6) is 0 Å². The van der Waals surface area contributed by atoms with E-state index in [9.17, 15) is 0 Å². The van der Waals surface area contributed by atoms with E-state index in [4.69, 9.17) is 4.65 Å². The summed E-state index contributed by atoms with van der Waals surface area (Å²) in [5, 5.41) is 0. The Balaban J connectivity index is 1.49. The number of fused-ring (bicyclic) bond motifs is 6. The van der Waals surface area contributed by atoms with Crippen molar-refractivity contribution in [3.63, 3.8) is 0 Å². The number of hydrogen-bond acceptors (Lipinski definition) is 1. The Morgan fingerprint density at radius 2 is 1.29 bits per heavy atom. The Labute approximate surface area is 259 Å². The van der Waals surface area contributed by atoms with Gasteiger partial charge in [-0.3, -0.25) is 0 Å². The van der Waals surface area contributed by atoms with Crippen LogP contribution in [0.3, 0.4) is 0 Å². The molecule has 2 aromatic carbocycles. The van der Waals surface area contributed by atoms with Gasteiger partial charge in [0.2, 0.25) is 0 Å². The summed E-state index contributed by atoms with van der Waals surface area (Å²) in [5.74, 6) is 3.83. The minimum absolute atomic E-state index is 0.255. The van der Waals surface area contributed by atoms with Gasteiger partial charge in [0.1, 0.15) is 0 Å². The van der Waals surface area contributed by atoms with Gasteiger partial charge in [-0.2, -0.15) is 0 Å². The van der Waals surface area contributed by atoms with E-state index in [1.807, 2.05) is 0 Å². The summed E-state index contributed by atoms with van der Waals surface area (Å²) < 4.78 is 8.03. The van der Waals surface area contributed by atoms with Crippen LogP contribution in [0, 0.1) is 11.8 Å². The predicted molar refractivity (Wildman–Crippen MR) is 186 cm³/mol. The van der Waals surface area contributed by atoms with Crippen LogP contribution in [-0.4, -0.2) is 21.7 Å². The first-order chi connectivity index (χ1) is 20.3. The Kier molecular flexibility index (Phi) is 9.33. The van der Waals surface area contributed by atoms with Crippen LogP contribution in [0.4, 0.5) is 0 Å². The molecule has 0 radical (unpaired) electrons. The maximum absolute atomic E-state index is 8.03. The average Bonchev–Trinajstić information content (AvgIpc) is 3.39. The van der Waals surface area contributed by atoms with Gasteiger partial charge < -0.3 is 4.65 Å². The van der Waals surface area contributed by atoms with E-state index >= 15 is 0 Å². The standard InChI is InChI=1S/C38H56B2OSi/c1-6-35(39-33-25-15-21-31(22-16-26-33)37(39)42(3,4)5)38(2,32-23-11-8-12-24-32)41-40-34-27-13-19-30(20-14-28-34)36(40)29-17-9-7-10-18-29/h6-12,17-18,23-24,30-31,33-37H,1,13-16,19-22,25-28H2,2-5H3/t30?,31?,33?,34?,35?,36?,37?,38-/m0/s1. The Hall–Kier alpha value is -1.51. The van der Waals surface area contributed by atoms with Crippen molar-refractivity contribution in [1.82, 2.24) is 0 Å². The van der Waals surface area contributed by atoms with Crippen LogP contribution in [0.1, 0.15) is 101 Å². The molecule has 4 heteroatoms. The fourth-order valence-electron chi connectivity index (χ4n) is 11.0. The fourth-order valence-corrected chi connectivity index (χ4v) is 14.4. The van der Waals surface area contributed by atoms with Crippen molar-refractivity contribution < 1.29 is 4.65 Å². The monoisotopic (exact) mass is 578 g/mol. The highest BCUT2D eigenvalue weighted by atomic mass is 28.3. The highest BCUT2D eigenvalue weighted by molar-refractivity contribution is 6.91. The van der Waals surface area contributed by atoms with Crippen molar-refractivity contribution in [1.29, 1.82) is 0 Å². The third-order valence-electron chi connectivity index (χ3n) is 12.6. The van der Waals surface area contributed by atoms with E-state index in [-0.39, 0.29) is 6.92 Å². The van der Waals surface area contributed by atoms with Gasteiger partial charge in [-0.25, -0.2) is 0 Å². The first-order valence-corrected chi connectivity index (χ1v) is 21.3. The topological polar surface area (TPSA) is 9.23 Å². The van der Waals surface area contributed by atoms with Crippen molar-refractivity contribution in [2.75, 3.05) is 0 Å². The van der Waals surface area contributed by atoms with E-state index in [0.717, 1.165) is 23.1 Å². The maximum atomic E-state index is 8.03. The van der Waals surface area contributed by atoms with Crippen molar-refractivity contribution in [2.45, 2.75) is 138 Å². The van der Waals surface area contributed by atoms with Crippen LogP contribution in [-0.2, 0) is 10.3 Å². The fraction of sp³-hybridized carbons (Fsp3) is 0.632. The molecule has 6 rings (SSSR count). The second-order valence-corrected chi connectivity index (χ2v) is 21.4. The van der Waals surface area contributed by atoms with Crippen molar-refractivity contribution >= 4 is 21.7 Å². The molecule has 4 aliphatic heterocycles. The summed E-state index contributed by atoms with van der Waals surface area (Å²) in [7, 11) is -1.45. The highest BCUT2D eigenvalue weighted by Crippen LogP contribution is 2.59. The van der Waals surface area contributed by atoms with Gasteiger partial charge in [0, 0.05) is 8.07 Å². The van der Waals surface area contributed by atoms with Crippen LogP contribution in [0.25, 0.3) is 0 Å². The van der Waals surface area contributed by atoms with Crippen molar-refractivity contribution in [3.8, 4) is 0 Å². The molecule has 4 atom stereocenters. The molecule has 0 aromatic heterocycles. The van der Waals surface area contributed by atoms with Gasteiger partial charge >= 0.3 is 6.92 Å². The zero-order chi connectivity index (χ0) is 29.3. The van der Waals surface area contributed by atoms with E-state index in [2.05, 4.69) is 99.9 Å². The Morgan fingerprint density at radius 3 is 1.83 bits per heavy atom. The zero-order valence-electron chi connectivity index (χ0n) is 27.1. The SMILES string of the molecule is C=CC(B1C2CCCC(CCC2)C1[Si](C)(C)C)[C@@](C)(OB1C2CCCC(CCC2)C1c1ccccc1)c1ccccc1. The summed E-state index contributed by atoms with van der Waals surface area (Å²) >= 11 is 0. The van der Waals surface area contributed by atoms with Crippen LogP contribution in [0.15, 0.2) is 73.3 Å². The molecule has 3 unspecified atom stereocenters. The zero-order valence-corrected chi connectivity index (χ0v) is 28.1. The molecule has 4 aliphatic rings. The number of rotatable bonds is 8. The molecule has 0 N–H and O–H groups in total. The van der Waals surface area contributed by atoms with Gasteiger partial charge in [-0.05, 0) is 47.3 Å². The summed E-state index contributed by atoms with van der Waals surface area (Å²) in [6.07, 6.45) is 19.0. The number of hydrogen-bond donors (Lipinski definition) is 0. The second-order valence-electron chi connectivity index (χ2n) is 16.0. The van der Waals surface area contributed by atoms with Gasteiger partial charge in [-0.1, -0.05) is 175 Å². The highest BCUT2D eigenvalue weighted by Gasteiger charge is 2.56. The Bertz CT molecular complexity index is 1140. The Morgan fingerprint density at radius 1 is 0.762 bits per heavy atom. The summed E-state index contributed by atoms with van der Waals surface area (Å²) in [6.45, 7) is 16.1. The molecule has 0 aliphatic carbocycles. The molecule has 4 heterocycles. The third kappa shape index (κ3) is 5.93. The first kappa shape index (κ1) is 30.5. The van der Waals surface area contributed by atoms with Crippen molar-refractivity contribution in [2.24, 2.45) is 11.8 Å². The summed E-state index contributed by atoms with van der Waals surface area (Å²) in [6, 6.07) is 22.9. The lowest BCUT2D eigenvalue weighted by molar-refractivity contribution is 0.0778. The molecule has 42 heavy (non-hydrogen) atoms. The largest absolute Gasteiger partial charge is 0.426 e. The molecule has 0 amide bonds. The van der Waals surface area contributed by atoms with Gasteiger partial charge in [0.25, 0.3) is 0 Å². The average molecular weight is 579 g/mol. The summed E-state index contributed by atoms with van der Waals surface area (Å²) in [5.41, 5.74) is 3.32. The minimum Gasteiger partial charge on any atom is -0.426 e. The smallest absolute Gasteiger partial charge is 0.305 e. The van der Waals surface area contributed by atoms with E-state index in [0.29, 0.717) is 24.2 Å². The lowest BCUT2D eigenvalue weighted by Crippen LogP contribution is -2.52. The van der Waals surface area contributed by atoms with Gasteiger partial charge in [-0.15, -0.1) is 6.58 Å². The number of benzene rings is 2. The second kappa shape index (κ2) is 12.8. The van der Waals surface area contributed by atoms with Crippen LogP contribution >= 0.6 is 0 Å². The third-order valence-corrected chi connectivity index (χ3v) is 15.5. The van der Waals surface area contributed by atoms with E-state index < -0.39 is 13.7 Å². The molecule has 1 nitrogen and oxygen atoms in total. The van der Waals surface area contributed by atoms with Gasteiger partial charge in [0.05, 0.1) is 5.60 Å². The lowest BCUT2D eigenvalue weighted by atomic mass is 9.28. The quantitative estimate of drug-likeness (QED) is 0.224. The first-order valence-electron chi connectivity index (χ1n) is 17.7. The van der Waals surface area contributed by atoms with E-state index in [1.165, 1.54) is 88.2 Å². The maximum Gasteiger partial charge on any atom is 0.305 e. The summed E-state index contributed by atoms with van der Waals surface area (Å²) in [4.78, 5) is 0. The van der Waals surface area contributed by atoms with Crippen molar-refractivity contribution in [3.05, 3.63) is 84.4 Å². The molecule has 4 saturated heterocycles. The molecule has 2 aromatic rings. The van der Waals surface area contributed by atoms with Crippen LogP contribution in [0.2, 0.25) is 42.5 Å². The molecular weight excluding hydrogens is 522 g/mol. The minimum atomic E-state index is -1.45. The predicted octanol–water partition coefficient (Wildman–Crippen LogP) is 11.2. The molecular formula is C38H56B2OSi. The molecule has 0 saturated carbocycles.